The molecule has 6 heteroatoms. The summed E-state index contributed by atoms with van der Waals surface area (Å²) in [6.07, 6.45) is 0.382. The van der Waals surface area contributed by atoms with Gasteiger partial charge in [-0.2, -0.15) is 0 Å². The number of nitrogens with one attached hydrogen (secondary N) is 1. The van der Waals surface area contributed by atoms with Crippen LogP contribution < -0.4 is 10.1 Å². The Morgan fingerprint density at radius 3 is 2.14 bits per heavy atom. The number of carbonyl (C=O) groups excluding carboxylic acids is 2. The standard InChI is InChI=1S/C29H33ClN2O3/c1-21-10-16-25(17-11-21)35-20-27(33)32(19-23-12-14-24(30)15-13-23)26(28(34)31-29(2,3)4)18-22-8-6-5-7-9-22/h5-17,26H,18-20H2,1-4H3,(H,31,34). The maximum atomic E-state index is 13.6. The van der Waals surface area contributed by atoms with Gasteiger partial charge in [-0.3, -0.25) is 9.59 Å². The molecule has 1 unspecified atom stereocenters. The predicted molar refractivity (Wildman–Crippen MR) is 141 cm³/mol. The van der Waals surface area contributed by atoms with E-state index in [0.717, 1.165) is 16.7 Å². The number of rotatable bonds is 9. The maximum absolute atomic E-state index is 13.6. The van der Waals surface area contributed by atoms with E-state index in [1.54, 1.807) is 17.0 Å². The average Bonchev–Trinajstić information content (AvgIpc) is 2.81. The number of benzene rings is 3. The molecule has 0 aliphatic heterocycles. The Morgan fingerprint density at radius 1 is 0.914 bits per heavy atom. The Kier molecular flexibility index (Phi) is 8.94. The van der Waals surface area contributed by atoms with Crippen molar-refractivity contribution in [2.75, 3.05) is 6.61 Å². The van der Waals surface area contributed by atoms with E-state index in [9.17, 15) is 9.59 Å². The molecule has 0 spiro atoms. The van der Waals surface area contributed by atoms with E-state index < -0.39 is 11.6 Å². The summed E-state index contributed by atoms with van der Waals surface area (Å²) in [6, 6.07) is 23.8. The van der Waals surface area contributed by atoms with Gasteiger partial charge in [-0.1, -0.05) is 71.8 Å². The molecule has 0 saturated heterocycles. The van der Waals surface area contributed by atoms with Crippen LogP contribution in [0, 0.1) is 6.92 Å². The molecule has 2 amide bonds. The highest BCUT2D eigenvalue weighted by atomic mass is 35.5. The molecule has 1 atom stereocenters. The first-order valence-electron chi connectivity index (χ1n) is 11.7. The topological polar surface area (TPSA) is 58.6 Å². The Hall–Kier alpha value is -3.31. The van der Waals surface area contributed by atoms with E-state index in [1.807, 2.05) is 94.4 Å². The van der Waals surface area contributed by atoms with Gasteiger partial charge in [0.2, 0.25) is 5.91 Å². The third kappa shape index (κ3) is 8.45. The first-order chi connectivity index (χ1) is 16.6. The van der Waals surface area contributed by atoms with Gasteiger partial charge < -0.3 is 15.0 Å². The highest BCUT2D eigenvalue weighted by Gasteiger charge is 2.32. The second-order valence-electron chi connectivity index (χ2n) is 9.69. The normalized spacial score (nSPS) is 12.0. The third-order valence-corrected chi connectivity index (χ3v) is 5.67. The van der Waals surface area contributed by atoms with Gasteiger partial charge in [-0.05, 0) is 63.1 Å². The van der Waals surface area contributed by atoms with E-state index >= 15 is 0 Å². The number of aryl methyl sites for hydroxylation is 1. The van der Waals surface area contributed by atoms with Crippen LogP contribution in [0.1, 0.15) is 37.5 Å². The monoisotopic (exact) mass is 492 g/mol. The minimum atomic E-state index is -0.721. The van der Waals surface area contributed by atoms with Crippen LogP contribution in [0.3, 0.4) is 0 Å². The fraction of sp³-hybridized carbons (Fsp3) is 0.310. The van der Waals surface area contributed by atoms with Crippen LogP contribution in [0.25, 0.3) is 0 Å². The largest absolute Gasteiger partial charge is 0.484 e. The van der Waals surface area contributed by atoms with Gasteiger partial charge in [0.05, 0.1) is 0 Å². The van der Waals surface area contributed by atoms with Crippen LogP contribution in [-0.2, 0) is 22.6 Å². The number of hydrogen-bond donors (Lipinski definition) is 1. The summed E-state index contributed by atoms with van der Waals surface area (Å²) in [5, 5.41) is 3.67. The third-order valence-electron chi connectivity index (χ3n) is 5.42. The Balaban J connectivity index is 1.91. The van der Waals surface area contributed by atoms with Crippen molar-refractivity contribution in [2.45, 2.75) is 52.2 Å². The number of amides is 2. The fourth-order valence-corrected chi connectivity index (χ4v) is 3.78. The molecule has 35 heavy (non-hydrogen) atoms. The highest BCUT2D eigenvalue weighted by molar-refractivity contribution is 6.30. The molecular weight excluding hydrogens is 460 g/mol. The number of ether oxygens (including phenoxy) is 1. The molecule has 0 fully saturated rings. The van der Waals surface area contributed by atoms with Crippen LogP contribution in [0.4, 0.5) is 0 Å². The summed E-state index contributed by atoms with van der Waals surface area (Å²) in [6.45, 7) is 7.85. The molecule has 5 nitrogen and oxygen atoms in total. The van der Waals surface area contributed by atoms with Gasteiger partial charge in [-0.15, -0.1) is 0 Å². The maximum Gasteiger partial charge on any atom is 0.261 e. The number of halogens is 1. The van der Waals surface area contributed by atoms with Crippen LogP contribution >= 0.6 is 11.6 Å². The fourth-order valence-electron chi connectivity index (χ4n) is 3.66. The lowest BCUT2D eigenvalue weighted by molar-refractivity contribution is -0.143. The summed E-state index contributed by atoms with van der Waals surface area (Å²) in [4.78, 5) is 28.7. The molecule has 0 heterocycles. The van der Waals surface area contributed by atoms with Crippen LogP contribution in [0.2, 0.25) is 5.02 Å². The number of hydrogen-bond acceptors (Lipinski definition) is 3. The summed E-state index contributed by atoms with van der Waals surface area (Å²) in [5.74, 6) is 0.124. The predicted octanol–water partition coefficient (Wildman–Crippen LogP) is 5.58. The Morgan fingerprint density at radius 2 is 1.54 bits per heavy atom. The minimum Gasteiger partial charge on any atom is -0.484 e. The summed E-state index contributed by atoms with van der Waals surface area (Å²) in [5.41, 5.74) is 2.50. The molecule has 0 aliphatic carbocycles. The van der Waals surface area contributed by atoms with Crippen molar-refractivity contribution in [3.05, 3.63) is 101 Å². The van der Waals surface area contributed by atoms with Crippen molar-refractivity contribution in [1.82, 2.24) is 10.2 Å². The van der Waals surface area contributed by atoms with Crippen molar-refractivity contribution < 1.29 is 14.3 Å². The minimum absolute atomic E-state index is 0.176. The molecule has 3 rings (SSSR count). The molecule has 1 N–H and O–H groups in total. The summed E-state index contributed by atoms with van der Waals surface area (Å²) < 4.78 is 5.80. The lowest BCUT2D eigenvalue weighted by Gasteiger charge is -2.33. The molecule has 0 saturated carbocycles. The van der Waals surface area contributed by atoms with Crippen LogP contribution in [0.15, 0.2) is 78.9 Å². The number of nitrogens with zero attached hydrogens (tertiary/aromatic N) is 1. The first-order valence-corrected chi connectivity index (χ1v) is 12.1. The van der Waals surface area contributed by atoms with Crippen LogP contribution in [0.5, 0.6) is 5.75 Å². The van der Waals surface area contributed by atoms with Gasteiger partial charge in [0.1, 0.15) is 11.8 Å². The smallest absolute Gasteiger partial charge is 0.261 e. The summed E-state index contributed by atoms with van der Waals surface area (Å²) in [7, 11) is 0. The molecular formula is C29H33ClN2O3. The summed E-state index contributed by atoms with van der Waals surface area (Å²) >= 11 is 6.07. The molecule has 0 aliphatic rings. The first kappa shape index (κ1) is 26.3. The Labute approximate surface area is 213 Å². The van der Waals surface area contributed by atoms with Crippen molar-refractivity contribution in [3.63, 3.8) is 0 Å². The van der Waals surface area contributed by atoms with E-state index in [2.05, 4.69) is 5.32 Å². The van der Waals surface area contributed by atoms with Crippen molar-refractivity contribution in [3.8, 4) is 5.75 Å². The molecule has 0 bridgehead atoms. The highest BCUT2D eigenvalue weighted by Crippen LogP contribution is 2.19. The van der Waals surface area contributed by atoms with E-state index in [-0.39, 0.29) is 25.0 Å². The number of carbonyl (C=O) groups is 2. The second-order valence-corrected chi connectivity index (χ2v) is 10.1. The van der Waals surface area contributed by atoms with Gasteiger partial charge in [0, 0.05) is 23.5 Å². The van der Waals surface area contributed by atoms with Crippen molar-refractivity contribution in [1.29, 1.82) is 0 Å². The van der Waals surface area contributed by atoms with Gasteiger partial charge in [0.15, 0.2) is 6.61 Å². The average molecular weight is 493 g/mol. The zero-order chi connectivity index (χ0) is 25.4. The van der Waals surface area contributed by atoms with E-state index in [4.69, 9.17) is 16.3 Å². The van der Waals surface area contributed by atoms with Crippen LogP contribution in [-0.4, -0.2) is 34.9 Å². The SMILES string of the molecule is Cc1ccc(OCC(=O)N(Cc2ccc(Cl)cc2)C(Cc2ccccc2)C(=O)NC(C)(C)C)cc1. The molecule has 3 aromatic rings. The van der Waals surface area contributed by atoms with E-state index in [0.29, 0.717) is 17.2 Å². The van der Waals surface area contributed by atoms with Gasteiger partial charge in [0.25, 0.3) is 5.91 Å². The molecule has 184 valence electrons. The van der Waals surface area contributed by atoms with E-state index in [1.165, 1.54) is 0 Å². The molecule has 3 aromatic carbocycles. The quantitative estimate of drug-likeness (QED) is 0.424. The molecule has 0 aromatic heterocycles. The lowest BCUT2D eigenvalue weighted by atomic mass is 10.0. The zero-order valence-corrected chi connectivity index (χ0v) is 21.5. The van der Waals surface area contributed by atoms with Gasteiger partial charge in [-0.25, -0.2) is 0 Å². The lowest BCUT2D eigenvalue weighted by Crippen LogP contribution is -2.55. The van der Waals surface area contributed by atoms with Crippen molar-refractivity contribution >= 4 is 23.4 Å². The zero-order valence-electron chi connectivity index (χ0n) is 20.8. The van der Waals surface area contributed by atoms with Gasteiger partial charge >= 0.3 is 0 Å². The second kappa shape index (κ2) is 11.9. The Bertz CT molecular complexity index is 1110. The molecule has 0 radical (unpaired) electrons. The van der Waals surface area contributed by atoms with Crippen molar-refractivity contribution in [2.24, 2.45) is 0 Å².